The summed E-state index contributed by atoms with van der Waals surface area (Å²) in [5.41, 5.74) is 7.65. The second-order valence-electron chi connectivity index (χ2n) is 5.55. The molecule has 6 heteroatoms. The second-order valence-corrected chi connectivity index (χ2v) is 5.96. The van der Waals surface area contributed by atoms with Crippen molar-refractivity contribution in [2.24, 2.45) is 17.6 Å². The predicted octanol–water partition coefficient (Wildman–Crippen LogP) is 2.98. The number of nitro groups is 1. The molecule has 2 unspecified atom stereocenters. The molecule has 1 aromatic carbocycles. The standard InChI is InChI=1S/C14H20ClN3O2/c1-9-3-4-17(8-11(9)7-16)13-6-12(15)14(18(19)20)5-10(13)2/h5-6,9,11H,3-4,7-8,16H2,1-2H3. The van der Waals surface area contributed by atoms with E-state index in [2.05, 4.69) is 11.8 Å². The lowest BCUT2D eigenvalue weighted by molar-refractivity contribution is -0.384. The maximum Gasteiger partial charge on any atom is 0.288 e. The van der Waals surface area contributed by atoms with Crippen LogP contribution >= 0.6 is 11.6 Å². The lowest BCUT2D eigenvalue weighted by Gasteiger charge is -2.38. The molecule has 1 fully saturated rings. The minimum absolute atomic E-state index is 0.0336. The number of rotatable bonds is 3. The summed E-state index contributed by atoms with van der Waals surface area (Å²) in [6.45, 7) is 6.59. The minimum atomic E-state index is -0.444. The van der Waals surface area contributed by atoms with Crippen LogP contribution in [0.1, 0.15) is 18.9 Å². The minimum Gasteiger partial charge on any atom is -0.371 e. The Hall–Kier alpha value is -1.33. The van der Waals surface area contributed by atoms with E-state index >= 15 is 0 Å². The van der Waals surface area contributed by atoms with E-state index in [-0.39, 0.29) is 10.7 Å². The summed E-state index contributed by atoms with van der Waals surface area (Å²) < 4.78 is 0. The van der Waals surface area contributed by atoms with Crippen molar-refractivity contribution in [1.29, 1.82) is 0 Å². The van der Waals surface area contributed by atoms with Gasteiger partial charge < -0.3 is 10.6 Å². The van der Waals surface area contributed by atoms with Crippen molar-refractivity contribution in [3.63, 3.8) is 0 Å². The molecule has 2 atom stereocenters. The Labute approximate surface area is 123 Å². The Balaban J connectivity index is 2.29. The van der Waals surface area contributed by atoms with Gasteiger partial charge in [-0.05, 0) is 43.4 Å². The highest BCUT2D eigenvalue weighted by molar-refractivity contribution is 6.33. The van der Waals surface area contributed by atoms with Gasteiger partial charge in [-0.1, -0.05) is 18.5 Å². The predicted molar refractivity (Wildman–Crippen MR) is 81.4 cm³/mol. The van der Waals surface area contributed by atoms with Crippen LogP contribution in [0.3, 0.4) is 0 Å². The largest absolute Gasteiger partial charge is 0.371 e. The van der Waals surface area contributed by atoms with Crippen LogP contribution in [0, 0.1) is 28.9 Å². The first kappa shape index (κ1) is 15.1. The molecule has 0 aliphatic carbocycles. The Kier molecular flexibility index (Phi) is 4.50. The maximum atomic E-state index is 10.9. The first-order chi connectivity index (χ1) is 9.43. The number of nitrogens with two attached hydrogens (primary N) is 1. The van der Waals surface area contributed by atoms with Crippen molar-refractivity contribution in [2.45, 2.75) is 20.3 Å². The molecule has 2 rings (SSSR count). The van der Waals surface area contributed by atoms with Crippen LogP contribution in [0.5, 0.6) is 0 Å². The van der Waals surface area contributed by atoms with Gasteiger partial charge in [0.05, 0.1) is 4.92 Å². The first-order valence-electron chi connectivity index (χ1n) is 6.83. The van der Waals surface area contributed by atoms with Crippen molar-refractivity contribution in [2.75, 3.05) is 24.5 Å². The summed E-state index contributed by atoms with van der Waals surface area (Å²) in [4.78, 5) is 12.7. The third-order valence-electron chi connectivity index (χ3n) is 4.22. The molecule has 0 amide bonds. The highest BCUT2D eigenvalue weighted by atomic mass is 35.5. The van der Waals surface area contributed by atoms with Crippen molar-refractivity contribution < 1.29 is 4.92 Å². The van der Waals surface area contributed by atoms with Gasteiger partial charge in [0.15, 0.2) is 0 Å². The lowest BCUT2D eigenvalue weighted by Crippen LogP contribution is -2.43. The number of nitrogens with zero attached hydrogens (tertiary/aromatic N) is 2. The van der Waals surface area contributed by atoms with Crippen LogP contribution in [0.15, 0.2) is 12.1 Å². The van der Waals surface area contributed by atoms with Gasteiger partial charge in [0.2, 0.25) is 0 Å². The van der Waals surface area contributed by atoms with E-state index < -0.39 is 4.92 Å². The SMILES string of the molecule is Cc1cc([N+](=O)[O-])c(Cl)cc1N1CCC(C)C(CN)C1. The third kappa shape index (κ3) is 2.88. The van der Waals surface area contributed by atoms with Gasteiger partial charge >= 0.3 is 0 Å². The molecular weight excluding hydrogens is 278 g/mol. The molecule has 5 nitrogen and oxygen atoms in total. The van der Waals surface area contributed by atoms with E-state index in [1.807, 2.05) is 6.92 Å². The highest BCUT2D eigenvalue weighted by Gasteiger charge is 2.27. The summed E-state index contributed by atoms with van der Waals surface area (Å²) in [6.07, 6.45) is 1.08. The fourth-order valence-corrected chi connectivity index (χ4v) is 3.04. The molecule has 1 aromatic rings. The van der Waals surface area contributed by atoms with Gasteiger partial charge in [0, 0.05) is 24.8 Å². The molecule has 0 radical (unpaired) electrons. The van der Waals surface area contributed by atoms with Gasteiger partial charge in [-0.3, -0.25) is 10.1 Å². The normalized spacial score (nSPS) is 22.9. The molecule has 0 saturated carbocycles. The van der Waals surface area contributed by atoms with Crippen LogP contribution in [-0.4, -0.2) is 24.6 Å². The lowest BCUT2D eigenvalue weighted by atomic mass is 9.86. The van der Waals surface area contributed by atoms with Crippen LogP contribution in [0.2, 0.25) is 5.02 Å². The van der Waals surface area contributed by atoms with E-state index in [0.29, 0.717) is 18.4 Å². The van der Waals surface area contributed by atoms with Crippen molar-refractivity contribution in [3.05, 3.63) is 32.8 Å². The zero-order valence-corrected chi connectivity index (χ0v) is 12.6. The monoisotopic (exact) mass is 297 g/mol. The molecule has 20 heavy (non-hydrogen) atoms. The molecular formula is C14H20ClN3O2. The third-order valence-corrected chi connectivity index (χ3v) is 4.52. The molecule has 1 aliphatic rings. The van der Waals surface area contributed by atoms with E-state index in [4.69, 9.17) is 17.3 Å². The second kappa shape index (κ2) is 5.97. The first-order valence-corrected chi connectivity index (χ1v) is 7.21. The van der Waals surface area contributed by atoms with Gasteiger partial charge in [-0.15, -0.1) is 0 Å². The number of hydrogen-bond donors (Lipinski definition) is 1. The molecule has 110 valence electrons. The van der Waals surface area contributed by atoms with Crippen LogP contribution in [0.4, 0.5) is 11.4 Å². The highest BCUT2D eigenvalue weighted by Crippen LogP contribution is 2.35. The summed E-state index contributed by atoms with van der Waals surface area (Å²) in [5, 5.41) is 11.1. The number of anilines is 1. The van der Waals surface area contributed by atoms with Crippen LogP contribution in [0.25, 0.3) is 0 Å². The molecule has 0 spiro atoms. The zero-order chi connectivity index (χ0) is 14.9. The zero-order valence-electron chi connectivity index (χ0n) is 11.8. The van der Waals surface area contributed by atoms with Gasteiger partial charge in [0.25, 0.3) is 5.69 Å². The average Bonchev–Trinajstić information content (AvgIpc) is 2.41. The fraction of sp³-hybridized carbons (Fsp3) is 0.571. The van der Waals surface area contributed by atoms with Crippen LogP contribution in [-0.2, 0) is 0 Å². The molecule has 1 heterocycles. The van der Waals surface area contributed by atoms with Crippen molar-refractivity contribution >= 4 is 23.0 Å². The number of aryl methyl sites for hydroxylation is 1. The molecule has 1 aliphatic heterocycles. The Morgan fingerprint density at radius 3 is 2.85 bits per heavy atom. The summed E-state index contributed by atoms with van der Waals surface area (Å²) in [5.74, 6) is 1.07. The molecule has 2 N–H and O–H groups in total. The topological polar surface area (TPSA) is 72.4 Å². The summed E-state index contributed by atoms with van der Waals surface area (Å²) in [7, 11) is 0. The molecule has 0 aromatic heterocycles. The summed E-state index contributed by atoms with van der Waals surface area (Å²) in [6, 6.07) is 3.26. The van der Waals surface area contributed by atoms with Gasteiger partial charge in [-0.25, -0.2) is 0 Å². The van der Waals surface area contributed by atoms with E-state index in [0.717, 1.165) is 30.8 Å². The number of nitro benzene ring substituents is 1. The Bertz CT molecular complexity index is 521. The molecule has 1 saturated heterocycles. The number of benzene rings is 1. The Morgan fingerprint density at radius 2 is 2.25 bits per heavy atom. The van der Waals surface area contributed by atoms with Gasteiger partial charge in [-0.2, -0.15) is 0 Å². The maximum absolute atomic E-state index is 10.9. The summed E-state index contributed by atoms with van der Waals surface area (Å²) >= 11 is 6.02. The van der Waals surface area contributed by atoms with Crippen molar-refractivity contribution in [3.8, 4) is 0 Å². The van der Waals surface area contributed by atoms with Crippen molar-refractivity contribution in [1.82, 2.24) is 0 Å². The fourth-order valence-electron chi connectivity index (χ4n) is 2.81. The number of piperidine rings is 1. The Morgan fingerprint density at radius 1 is 1.55 bits per heavy atom. The number of hydrogen-bond acceptors (Lipinski definition) is 4. The van der Waals surface area contributed by atoms with E-state index in [9.17, 15) is 10.1 Å². The molecule has 0 bridgehead atoms. The quantitative estimate of drug-likeness (QED) is 0.687. The smallest absolute Gasteiger partial charge is 0.288 e. The number of halogens is 1. The van der Waals surface area contributed by atoms with E-state index in [1.54, 1.807) is 12.1 Å². The average molecular weight is 298 g/mol. The van der Waals surface area contributed by atoms with E-state index in [1.165, 1.54) is 0 Å². The van der Waals surface area contributed by atoms with Crippen LogP contribution < -0.4 is 10.6 Å². The van der Waals surface area contributed by atoms with Gasteiger partial charge in [0.1, 0.15) is 5.02 Å².